The van der Waals surface area contributed by atoms with Crippen LogP contribution in [0.1, 0.15) is 23.9 Å². The Morgan fingerprint density at radius 1 is 1.13 bits per heavy atom. The molecule has 1 aliphatic heterocycles. The summed E-state index contributed by atoms with van der Waals surface area (Å²) in [7, 11) is 0. The van der Waals surface area contributed by atoms with E-state index in [1.165, 1.54) is 23.9 Å². The summed E-state index contributed by atoms with van der Waals surface area (Å²) in [5.41, 5.74) is 3.95. The van der Waals surface area contributed by atoms with Crippen LogP contribution in [0.25, 0.3) is 17.5 Å². The Kier molecular flexibility index (Phi) is 5.58. The van der Waals surface area contributed by atoms with E-state index in [0.29, 0.717) is 15.8 Å². The van der Waals surface area contributed by atoms with Crippen LogP contribution >= 0.6 is 11.8 Å². The van der Waals surface area contributed by atoms with Crippen LogP contribution < -0.4 is 5.32 Å². The van der Waals surface area contributed by atoms with Crippen LogP contribution in [-0.4, -0.2) is 26.8 Å². The van der Waals surface area contributed by atoms with E-state index in [4.69, 9.17) is 0 Å². The third-order valence-electron chi connectivity index (χ3n) is 4.38. The normalized spacial score (nSPS) is 17.0. The van der Waals surface area contributed by atoms with Crippen molar-refractivity contribution in [3.63, 3.8) is 0 Å². The summed E-state index contributed by atoms with van der Waals surface area (Å²) in [5.74, 6) is 0.174. The van der Waals surface area contributed by atoms with Crippen LogP contribution in [0, 0.1) is 12.7 Å². The van der Waals surface area contributed by atoms with Crippen LogP contribution in [-0.2, 0) is 4.79 Å². The number of aromatic nitrogens is 2. The molecule has 2 N–H and O–H groups in total. The Morgan fingerprint density at radius 2 is 1.87 bits per heavy atom. The van der Waals surface area contributed by atoms with Gasteiger partial charge < -0.3 is 4.98 Å². The molecule has 0 atom stereocenters. The molecule has 8 heteroatoms. The zero-order chi connectivity index (χ0) is 21.1. The summed E-state index contributed by atoms with van der Waals surface area (Å²) < 4.78 is 13.0. The number of aromatic amines is 1. The molecule has 0 bridgehead atoms. The standard InChI is InChI=1S/C22H18FN5OS/c1-13-19(25-20(24-13)16-6-4-3-5-7-16)14(2)27-28-22-26-21(29)18(30-22)12-15-8-10-17(23)11-9-15/h3-12H,1-2H3,(H,24,25)(H,26,28,29)/b18-12-,27-14+. The second-order valence-corrected chi connectivity index (χ2v) is 7.66. The van der Waals surface area contributed by atoms with E-state index in [-0.39, 0.29) is 11.7 Å². The number of rotatable bonds is 4. The van der Waals surface area contributed by atoms with E-state index in [1.54, 1.807) is 18.2 Å². The molecule has 1 saturated heterocycles. The van der Waals surface area contributed by atoms with Crippen molar-refractivity contribution in [1.29, 1.82) is 0 Å². The van der Waals surface area contributed by atoms with Gasteiger partial charge in [0.1, 0.15) is 17.3 Å². The topological polar surface area (TPSA) is 82.5 Å². The number of carbonyl (C=O) groups excluding carboxylic acids is 1. The minimum atomic E-state index is -0.322. The zero-order valence-electron chi connectivity index (χ0n) is 16.3. The molecule has 1 aliphatic rings. The molecule has 0 unspecified atom stereocenters. The van der Waals surface area contributed by atoms with Crippen molar-refractivity contribution >= 4 is 34.6 Å². The van der Waals surface area contributed by atoms with E-state index in [0.717, 1.165) is 28.3 Å². The minimum Gasteiger partial charge on any atom is -0.342 e. The number of aryl methyl sites for hydroxylation is 1. The fourth-order valence-corrected chi connectivity index (χ4v) is 3.67. The fourth-order valence-electron chi connectivity index (χ4n) is 2.90. The van der Waals surface area contributed by atoms with Crippen molar-refractivity contribution in [2.24, 2.45) is 10.2 Å². The number of amides is 1. The SMILES string of the molecule is C/C(=N\N=C1\NC(=O)/C(=C/c2ccc(F)cc2)S1)c1nc(-c2ccccc2)[nH]c1C. The molecule has 0 aliphatic carbocycles. The van der Waals surface area contributed by atoms with Crippen LogP contribution in [0.3, 0.4) is 0 Å². The molecular formula is C22H18FN5OS. The summed E-state index contributed by atoms with van der Waals surface area (Å²) in [4.78, 5) is 20.5. The second-order valence-electron chi connectivity index (χ2n) is 6.63. The maximum absolute atomic E-state index is 13.0. The highest BCUT2D eigenvalue weighted by molar-refractivity contribution is 8.18. The lowest BCUT2D eigenvalue weighted by Crippen LogP contribution is -2.19. The molecule has 4 rings (SSSR count). The summed E-state index contributed by atoms with van der Waals surface area (Å²) in [6.07, 6.45) is 1.68. The molecular weight excluding hydrogens is 401 g/mol. The number of hydrogen-bond acceptors (Lipinski definition) is 5. The quantitative estimate of drug-likeness (QED) is 0.371. The van der Waals surface area contributed by atoms with Gasteiger partial charge >= 0.3 is 0 Å². The van der Waals surface area contributed by atoms with Crippen molar-refractivity contribution < 1.29 is 9.18 Å². The Labute approximate surface area is 177 Å². The lowest BCUT2D eigenvalue weighted by Gasteiger charge is -1.96. The lowest BCUT2D eigenvalue weighted by atomic mass is 10.2. The van der Waals surface area contributed by atoms with E-state index >= 15 is 0 Å². The monoisotopic (exact) mass is 419 g/mol. The van der Waals surface area contributed by atoms with Gasteiger partial charge in [-0.3, -0.25) is 10.1 Å². The van der Waals surface area contributed by atoms with Crippen LogP contribution in [0.15, 0.2) is 69.7 Å². The number of benzene rings is 2. The number of H-pyrrole nitrogens is 1. The Bertz CT molecular complexity index is 1180. The largest absolute Gasteiger partial charge is 0.342 e. The maximum Gasteiger partial charge on any atom is 0.264 e. The number of amidine groups is 1. The highest BCUT2D eigenvalue weighted by atomic mass is 32.2. The van der Waals surface area contributed by atoms with Gasteiger partial charge in [-0.15, -0.1) is 5.10 Å². The molecule has 150 valence electrons. The number of nitrogens with one attached hydrogen (secondary N) is 2. The summed E-state index contributed by atoms with van der Waals surface area (Å²) in [6.45, 7) is 3.75. The zero-order valence-corrected chi connectivity index (χ0v) is 17.1. The van der Waals surface area contributed by atoms with Crippen LogP contribution in [0.5, 0.6) is 0 Å². The van der Waals surface area contributed by atoms with Crippen LogP contribution in [0.4, 0.5) is 4.39 Å². The van der Waals surface area contributed by atoms with Gasteiger partial charge in [-0.05, 0) is 49.4 Å². The summed E-state index contributed by atoms with van der Waals surface area (Å²) in [5, 5.41) is 11.5. The first-order chi connectivity index (χ1) is 14.5. The molecule has 0 spiro atoms. The van der Waals surface area contributed by atoms with Gasteiger partial charge in [0.05, 0.1) is 10.6 Å². The molecule has 30 heavy (non-hydrogen) atoms. The van der Waals surface area contributed by atoms with Crippen LogP contribution in [0.2, 0.25) is 0 Å². The minimum absolute atomic E-state index is 0.266. The van der Waals surface area contributed by atoms with E-state index in [9.17, 15) is 9.18 Å². The van der Waals surface area contributed by atoms with Crippen molar-refractivity contribution in [2.75, 3.05) is 0 Å². The van der Waals surface area contributed by atoms with E-state index in [2.05, 4.69) is 25.5 Å². The van der Waals surface area contributed by atoms with Gasteiger partial charge in [-0.2, -0.15) is 5.10 Å². The van der Waals surface area contributed by atoms with Gasteiger partial charge in [0.15, 0.2) is 5.17 Å². The summed E-state index contributed by atoms with van der Waals surface area (Å²) in [6, 6.07) is 15.7. The van der Waals surface area contributed by atoms with E-state index in [1.807, 2.05) is 44.2 Å². The number of imidazole rings is 1. The smallest absolute Gasteiger partial charge is 0.264 e. The Balaban J connectivity index is 1.52. The molecule has 0 radical (unpaired) electrons. The fraction of sp³-hybridized carbons (Fsp3) is 0.0909. The Hall–Kier alpha value is -3.52. The second kappa shape index (κ2) is 8.46. The van der Waals surface area contributed by atoms with Gasteiger partial charge in [0.2, 0.25) is 0 Å². The third-order valence-corrected chi connectivity index (χ3v) is 5.28. The molecule has 0 saturated carbocycles. The highest BCUT2D eigenvalue weighted by Gasteiger charge is 2.24. The van der Waals surface area contributed by atoms with E-state index < -0.39 is 0 Å². The summed E-state index contributed by atoms with van der Waals surface area (Å²) >= 11 is 1.18. The Morgan fingerprint density at radius 3 is 2.60 bits per heavy atom. The molecule has 2 heterocycles. The van der Waals surface area contributed by atoms with Gasteiger partial charge in [0, 0.05) is 11.3 Å². The number of thioether (sulfide) groups is 1. The average molecular weight is 419 g/mol. The first kappa shape index (κ1) is 19.8. The number of nitrogens with zero attached hydrogens (tertiary/aromatic N) is 3. The first-order valence-corrected chi connectivity index (χ1v) is 10.0. The molecule has 1 aromatic heterocycles. The predicted octanol–water partition coefficient (Wildman–Crippen LogP) is 4.51. The van der Waals surface area contributed by atoms with Crippen molar-refractivity contribution in [3.05, 3.63) is 82.3 Å². The number of carbonyl (C=O) groups is 1. The predicted molar refractivity (Wildman–Crippen MR) is 119 cm³/mol. The van der Waals surface area contributed by atoms with Gasteiger partial charge in [-0.1, -0.05) is 42.5 Å². The third kappa shape index (κ3) is 4.38. The molecule has 1 fully saturated rings. The molecule has 3 aromatic rings. The first-order valence-electron chi connectivity index (χ1n) is 9.21. The van der Waals surface area contributed by atoms with Crippen molar-refractivity contribution in [2.45, 2.75) is 13.8 Å². The average Bonchev–Trinajstić information content (AvgIpc) is 3.31. The maximum atomic E-state index is 13.0. The lowest BCUT2D eigenvalue weighted by molar-refractivity contribution is -0.115. The molecule has 6 nitrogen and oxygen atoms in total. The molecule has 1 amide bonds. The number of hydrogen-bond donors (Lipinski definition) is 2. The van der Waals surface area contributed by atoms with Gasteiger partial charge in [0.25, 0.3) is 5.91 Å². The number of halogens is 1. The van der Waals surface area contributed by atoms with Crippen molar-refractivity contribution in [3.8, 4) is 11.4 Å². The van der Waals surface area contributed by atoms with Crippen molar-refractivity contribution in [1.82, 2.24) is 15.3 Å². The highest BCUT2D eigenvalue weighted by Crippen LogP contribution is 2.26. The van der Waals surface area contributed by atoms with Gasteiger partial charge in [-0.25, -0.2) is 9.37 Å². The molecule has 2 aromatic carbocycles.